The van der Waals surface area contributed by atoms with Gasteiger partial charge >= 0.3 is 5.97 Å². The van der Waals surface area contributed by atoms with Gasteiger partial charge in [0.25, 0.3) is 0 Å². The maximum absolute atomic E-state index is 11.1. The molecule has 1 aliphatic heterocycles. The molecule has 0 aromatic heterocycles. The van der Waals surface area contributed by atoms with Crippen LogP contribution in [0, 0.1) is 5.92 Å². The quantitative estimate of drug-likeness (QED) is 0.644. The number of rotatable bonds is 6. The molecule has 1 unspecified atom stereocenters. The van der Waals surface area contributed by atoms with Crippen molar-refractivity contribution >= 4 is 16.0 Å². The summed E-state index contributed by atoms with van der Waals surface area (Å²) in [7, 11) is -3.66. The first kappa shape index (κ1) is 12.4. The number of carboxylic acid groups (broad SMARTS) is 1. The smallest absolute Gasteiger partial charge is 0.320 e. The summed E-state index contributed by atoms with van der Waals surface area (Å²) in [5, 5.41) is 8.32. The predicted octanol–water partition coefficient (Wildman–Crippen LogP) is -0.583. The number of hydrogen-bond donors (Lipinski definition) is 2. The standard InChI is InChI=1S/C8H15NO5S/c10-8(11)6-15(12,13)9-3-1-7-2-4-14-5-7/h7,9H,1-6H2,(H,10,11). The predicted molar refractivity (Wildman–Crippen MR) is 53.0 cm³/mol. The van der Waals surface area contributed by atoms with Crippen molar-refractivity contribution in [3.05, 3.63) is 0 Å². The van der Waals surface area contributed by atoms with E-state index in [1.165, 1.54) is 0 Å². The zero-order chi connectivity index (χ0) is 11.3. The van der Waals surface area contributed by atoms with E-state index in [9.17, 15) is 13.2 Å². The maximum Gasteiger partial charge on any atom is 0.320 e. The Morgan fingerprint density at radius 2 is 2.27 bits per heavy atom. The fraction of sp³-hybridized carbons (Fsp3) is 0.875. The lowest BCUT2D eigenvalue weighted by molar-refractivity contribution is -0.134. The van der Waals surface area contributed by atoms with Crippen molar-refractivity contribution in [3.8, 4) is 0 Å². The third-order valence-electron chi connectivity index (χ3n) is 2.21. The molecule has 6 nitrogen and oxygen atoms in total. The van der Waals surface area contributed by atoms with Crippen molar-refractivity contribution in [1.29, 1.82) is 0 Å². The Morgan fingerprint density at radius 3 is 2.80 bits per heavy atom. The van der Waals surface area contributed by atoms with Crippen LogP contribution in [0.1, 0.15) is 12.8 Å². The molecule has 1 atom stereocenters. The molecule has 0 bridgehead atoms. The van der Waals surface area contributed by atoms with Crippen LogP contribution in [-0.2, 0) is 19.6 Å². The number of carbonyl (C=O) groups is 1. The zero-order valence-electron chi connectivity index (χ0n) is 8.31. The van der Waals surface area contributed by atoms with E-state index >= 15 is 0 Å². The van der Waals surface area contributed by atoms with Gasteiger partial charge in [-0.2, -0.15) is 0 Å². The van der Waals surface area contributed by atoms with Crippen LogP contribution in [-0.4, -0.2) is 45.0 Å². The van der Waals surface area contributed by atoms with Gasteiger partial charge in [0.2, 0.25) is 10.0 Å². The minimum Gasteiger partial charge on any atom is -0.480 e. The van der Waals surface area contributed by atoms with Crippen molar-refractivity contribution in [2.24, 2.45) is 5.92 Å². The summed E-state index contributed by atoms with van der Waals surface area (Å²) in [6, 6.07) is 0. The molecule has 0 aromatic carbocycles. The van der Waals surface area contributed by atoms with Gasteiger partial charge in [-0.3, -0.25) is 4.79 Å². The van der Waals surface area contributed by atoms with Gasteiger partial charge in [0, 0.05) is 19.8 Å². The number of carboxylic acids is 1. The largest absolute Gasteiger partial charge is 0.480 e. The topological polar surface area (TPSA) is 92.7 Å². The number of nitrogens with one attached hydrogen (secondary N) is 1. The highest BCUT2D eigenvalue weighted by Crippen LogP contribution is 2.15. The SMILES string of the molecule is O=C(O)CS(=O)(=O)NCCC1CCOC1. The summed E-state index contributed by atoms with van der Waals surface area (Å²) in [5.41, 5.74) is 0. The van der Waals surface area contributed by atoms with E-state index < -0.39 is 21.7 Å². The van der Waals surface area contributed by atoms with Crippen LogP contribution in [0.15, 0.2) is 0 Å². The van der Waals surface area contributed by atoms with Crippen molar-refractivity contribution in [2.45, 2.75) is 12.8 Å². The van der Waals surface area contributed by atoms with Crippen LogP contribution >= 0.6 is 0 Å². The maximum atomic E-state index is 11.1. The molecule has 0 radical (unpaired) electrons. The number of hydrogen-bond acceptors (Lipinski definition) is 4. The first-order chi connectivity index (χ1) is 6.99. The third kappa shape index (κ3) is 5.10. The normalized spacial score (nSPS) is 21.7. The van der Waals surface area contributed by atoms with Gasteiger partial charge in [-0.05, 0) is 18.8 Å². The van der Waals surface area contributed by atoms with Gasteiger partial charge in [0.05, 0.1) is 0 Å². The number of ether oxygens (including phenoxy) is 1. The average Bonchev–Trinajstić information content (AvgIpc) is 2.53. The Kier molecular flexibility index (Phi) is 4.49. The molecule has 88 valence electrons. The highest BCUT2D eigenvalue weighted by molar-refractivity contribution is 7.90. The average molecular weight is 237 g/mol. The van der Waals surface area contributed by atoms with Crippen LogP contribution in [0.3, 0.4) is 0 Å². The summed E-state index contributed by atoms with van der Waals surface area (Å²) < 4.78 is 29.6. The van der Waals surface area contributed by atoms with Gasteiger partial charge < -0.3 is 9.84 Å². The lowest BCUT2D eigenvalue weighted by Gasteiger charge is -2.08. The van der Waals surface area contributed by atoms with E-state index in [0.29, 0.717) is 18.9 Å². The summed E-state index contributed by atoms with van der Waals surface area (Å²) in [6.45, 7) is 1.68. The molecule has 0 amide bonds. The monoisotopic (exact) mass is 237 g/mol. The van der Waals surface area contributed by atoms with E-state index in [1.54, 1.807) is 0 Å². The fourth-order valence-corrected chi connectivity index (χ4v) is 2.30. The van der Waals surface area contributed by atoms with E-state index in [1.807, 2.05) is 0 Å². The van der Waals surface area contributed by atoms with Gasteiger partial charge in [0.1, 0.15) is 0 Å². The Bertz CT molecular complexity index is 307. The van der Waals surface area contributed by atoms with Gasteiger partial charge in [0.15, 0.2) is 5.75 Å². The van der Waals surface area contributed by atoms with Crippen LogP contribution in [0.25, 0.3) is 0 Å². The minimum absolute atomic E-state index is 0.281. The summed E-state index contributed by atoms with van der Waals surface area (Å²) >= 11 is 0. The second-order valence-electron chi connectivity index (χ2n) is 3.57. The molecule has 0 aromatic rings. The van der Waals surface area contributed by atoms with Gasteiger partial charge in [-0.15, -0.1) is 0 Å². The molecular weight excluding hydrogens is 222 g/mol. The summed E-state index contributed by atoms with van der Waals surface area (Å²) in [5.74, 6) is -1.82. The van der Waals surface area contributed by atoms with Crippen molar-refractivity contribution in [2.75, 3.05) is 25.5 Å². The molecule has 7 heteroatoms. The lowest BCUT2D eigenvalue weighted by atomic mass is 10.1. The van der Waals surface area contributed by atoms with E-state index in [2.05, 4.69) is 4.72 Å². The first-order valence-corrected chi connectivity index (χ1v) is 6.42. The fourth-order valence-electron chi connectivity index (χ4n) is 1.44. The minimum atomic E-state index is -3.66. The van der Waals surface area contributed by atoms with Crippen LogP contribution in [0.4, 0.5) is 0 Å². The van der Waals surface area contributed by atoms with Crippen LogP contribution in [0.2, 0.25) is 0 Å². The van der Waals surface area contributed by atoms with Gasteiger partial charge in [-0.25, -0.2) is 13.1 Å². The lowest BCUT2D eigenvalue weighted by Crippen LogP contribution is -2.31. The summed E-state index contributed by atoms with van der Waals surface area (Å²) in [6.07, 6.45) is 1.64. The second-order valence-corrected chi connectivity index (χ2v) is 5.37. The summed E-state index contributed by atoms with van der Waals surface area (Å²) in [4.78, 5) is 10.2. The van der Waals surface area contributed by atoms with Crippen molar-refractivity contribution in [1.82, 2.24) is 4.72 Å². The number of sulfonamides is 1. The molecule has 15 heavy (non-hydrogen) atoms. The molecule has 0 aliphatic carbocycles. The molecule has 1 fully saturated rings. The van der Waals surface area contributed by atoms with Crippen molar-refractivity contribution < 1.29 is 23.1 Å². The first-order valence-electron chi connectivity index (χ1n) is 4.76. The molecule has 1 heterocycles. The molecular formula is C8H15NO5S. The third-order valence-corrected chi connectivity index (χ3v) is 3.48. The van der Waals surface area contributed by atoms with Crippen LogP contribution in [0.5, 0.6) is 0 Å². The Balaban J connectivity index is 2.20. The second kappa shape index (κ2) is 5.43. The Hall–Kier alpha value is -0.660. The molecule has 0 spiro atoms. The molecule has 1 saturated heterocycles. The highest BCUT2D eigenvalue weighted by Gasteiger charge is 2.18. The van der Waals surface area contributed by atoms with Crippen LogP contribution < -0.4 is 4.72 Å². The van der Waals surface area contributed by atoms with E-state index in [-0.39, 0.29) is 6.54 Å². The van der Waals surface area contributed by atoms with E-state index in [0.717, 1.165) is 13.0 Å². The molecule has 2 N–H and O–H groups in total. The molecule has 1 aliphatic rings. The van der Waals surface area contributed by atoms with Gasteiger partial charge in [-0.1, -0.05) is 0 Å². The molecule has 0 saturated carbocycles. The molecule has 1 rings (SSSR count). The van der Waals surface area contributed by atoms with E-state index in [4.69, 9.17) is 9.84 Å². The Morgan fingerprint density at radius 1 is 1.53 bits per heavy atom. The van der Waals surface area contributed by atoms with Crippen molar-refractivity contribution in [3.63, 3.8) is 0 Å². The number of aliphatic carboxylic acids is 1. The highest BCUT2D eigenvalue weighted by atomic mass is 32.2. The Labute approximate surface area is 88.7 Å². The zero-order valence-corrected chi connectivity index (χ0v) is 9.12.